The van der Waals surface area contributed by atoms with Gasteiger partial charge in [-0.15, -0.1) is 0 Å². The third-order valence-electron chi connectivity index (χ3n) is 2.45. The maximum atomic E-state index is 11.6. The van der Waals surface area contributed by atoms with Crippen LogP contribution in [0.2, 0.25) is 0 Å². The number of para-hydroxylation sites is 1. The first kappa shape index (κ1) is 10.4. The minimum atomic E-state index is -0.205. The van der Waals surface area contributed by atoms with E-state index in [9.17, 15) is 9.59 Å². The van der Waals surface area contributed by atoms with Crippen LogP contribution in [0, 0.1) is 0 Å². The highest BCUT2D eigenvalue weighted by Gasteiger charge is 2.07. The minimum Gasteiger partial charge on any atom is -0.495 e. The van der Waals surface area contributed by atoms with Gasteiger partial charge in [0, 0.05) is 11.5 Å². The average molecular weight is 217 g/mol. The maximum Gasteiger partial charge on any atom is 0.251 e. The molecule has 0 fully saturated rings. The van der Waals surface area contributed by atoms with E-state index in [0.717, 1.165) is 5.39 Å². The number of carbonyl (C=O) groups excluding carboxylic acids is 1. The molecular weight excluding hydrogens is 206 g/mol. The van der Waals surface area contributed by atoms with Crippen LogP contribution in [0.15, 0.2) is 35.1 Å². The summed E-state index contributed by atoms with van der Waals surface area (Å²) < 4.78 is 6.60. The Kier molecular flexibility index (Phi) is 2.72. The van der Waals surface area contributed by atoms with Crippen LogP contribution in [0.4, 0.5) is 0 Å². The molecule has 0 aliphatic heterocycles. The van der Waals surface area contributed by atoms with Crippen LogP contribution in [-0.4, -0.2) is 18.0 Å². The van der Waals surface area contributed by atoms with Crippen LogP contribution in [0.1, 0.15) is 0 Å². The summed E-state index contributed by atoms with van der Waals surface area (Å²) in [5, 5.41) is 0.876. The summed E-state index contributed by atoms with van der Waals surface area (Å²) >= 11 is 0. The molecule has 0 radical (unpaired) electrons. The molecule has 0 unspecified atom stereocenters. The highest BCUT2D eigenvalue weighted by molar-refractivity contribution is 5.85. The molecule has 0 aliphatic carbocycles. The number of benzene rings is 1. The van der Waals surface area contributed by atoms with Crippen molar-refractivity contribution in [3.63, 3.8) is 0 Å². The zero-order chi connectivity index (χ0) is 11.5. The van der Waals surface area contributed by atoms with Crippen molar-refractivity contribution in [3.05, 3.63) is 40.7 Å². The van der Waals surface area contributed by atoms with Gasteiger partial charge in [0.2, 0.25) is 0 Å². The van der Waals surface area contributed by atoms with Crippen molar-refractivity contribution in [1.29, 1.82) is 0 Å². The molecule has 0 atom stereocenters. The number of hydrogen-bond acceptors (Lipinski definition) is 3. The Hall–Kier alpha value is -2.10. The van der Waals surface area contributed by atoms with Crippen molar-refractivity contribution in [2.75, 3.05) is 7.11 Å². The van der Waals surface area contributed by atoms with Gasteiger partial charge in [-0.3, -0.25) is 9.36 Å². The van der Waals surface area contributed by atoms with Crippen molar-refractivity contribution >= 4 is 17.2 Å². The summed E-state index contributed by atoms with van der Waals surface area (Å²) in [6, 6.07) is 8.66. The molecule has 0 bridgehead atoms. The largest absolute Gasteiger partial charge is 0.495 e. The Morgan fingerprint density at radius 3 is 2.81 bits per heavy atom. The lowest BCUT2D eigenvalue weighted by atomic mass is 10.2. The normalized spacial score (nSPS) is 10.3. The van der Waals surface area contributed by atoms with Gasteiger partial charge in [0.1, 0.15) is 12.0 Å². The second kappa shape index (κ2) is 4.18. The molecule has 1 aromatic heterocycles. The second-order valence-corrected chi connectivity index (χ2v) is 3.35. The minimum absolute atomic E-state index is 0.0382. The molecule has 82 valence electrons. The van der Waals surface area contributed by atoms with Crippen LogP contribution < -0.4 is 10.3 Å². The van der Waals surface area contributed by atoms with Crippen molar-refractivity contribution < 1.29 is 9.53 Å². The zero-order valence-corrected chi connectivity index (χ0v) is 8.84. The zero-order valence-electron chi connectivity index (χ0n) is 8.84. The van der Waals surface area contributed by atoms with E-state index in [-0.39, 0.29) is 12.1 Å². The van der Waals surface area contributed by atoms with Crippen LogP contribution in [-0.2, 0) is 11.3 Å². The molecule has 0 N–H and O–H groups in total. The van der Waals surface area contributed by atoms with Crippen molar-refractivity contribution in [3.8, 4) is 5.75 Å². The number of aldehydes is 1. The Bertz CT molecular complexity index is 586. The molecule has 16 heavy (non-hydrogen) atoms. The van der Waals surface area contributed by atoms with E-state index in [1.54, 1.807) is 12.1 Å². The molecule has 0 amide bonds. The summed E-state index contributed by atoms with van der Waals surface area (Å²) in [6.07, 6.45) is 0.702. The molecule has 4 heteroatoms. The van der Waals surface area contributed by atoms with Gasteiger partial charge in [-0.25, -0.2) is 0 Å². The maximum absolute atomic E-state index is 11.6. The van der Waals surface area contributed by atoms with Gasteiger partial charge < -0.3 is 9.53 Å². The van der Waals surface area contributed by atoms with E-state index < -0.39 is 0 Å². The van der Waals surface area contributed by atoms with E-state index in [2.05, 4.69) is 0 Å². The van der Waals surface area contributed by atoms with E-state index in [0.29, 0.717) is 17.6 Å². The van der Waals surface area contributed by atoms with E-state index >= 15 is 0 Å². The predicted molar refractivity (Wildman–Crippen MR) is 60.8 cm³/mol. The van der Waals surface area contributed by atoms with Gasteiger partial charge in [0.05, 0.1) is 19.2 Å². The van der Waals surface area contributed by atoms with Crippen molar-refractivity contribution in [2.24, 2.45) is 0 Å². The third-order valence-corrected chi connectivity index (χ3v) is 2.45. The van der Waals surface area contributed by atoms with Gasteiger partial charge in [-0.05, 0) is 12.1 Å². The summed E-state index contributed by atoms with van der Waals surface area (Å²) in [6.45, 7) is 0.0382. The summed E-state index contributed by atoms with van der Waals surface area (Å²) in [5.41, 5.74) is 0.453. The average Bonchev–Trinajstić information content (AvgIpc) is 2.32. The Labute approximate surface area is 92.1 Å². The van der Waals surface area contributed by atoms with E-state index in [4.69, 9.17) is 4.74 Å². The smallest absolute Gasteiger partial charge is 0.251 e. The SMILES string of the molecule is COc1cccc2ccc(=O)n(CC=O)c12. The van der Waals surface area contributed by atoms with Gasteiger partial charge in [0.15, 0.2) is 0 Å². The number of fused-ring (bicyclic) bond motifs is 1. The fraction of sp³-hybridized carbons (Fsp3) is 0.167. The highest BCUT2D eigenvalue weighted by Crippen LogP contribution is 2.23. The van der Waals surface area contributed by atoms with Crippen molar-refractivity contribution in [2.45, 2.75) is 6.54 Å². The fourth-order valence-electron chi connectivity index (χ4n) is 1.74. The molecule has 4 nitrogen and oxygen atoms in total. The second-order valence-electron chi connectivity index (χ2n) is 3.35. The lowest BCUT2D eigenvalue weighted by molar-refractivity contribution is -0.108. The van der Waals surface area contributed by atoms with Crippen LogP contribution in [0.25, 0.3) is 10.9 Å². The highest BCUT2D eigenvalue weighted by atomic mass is 16.5. The first-order chi connectivity index (χ1) is 7.77. The van der Waals surface area contributed by atoms with Crippen LogP contribution >= 0.6 is 0 Å². The molecule has 2 aromatic rings. The molecule has 0 saturated carbocycles. The van der Waals surface area contributed by atoms with E-state index in [1.807, 2.05) is 12.1 Å². The van der Waals surface area contributed by atoms with Crippen LogP contribution in [0.3, 0.4) is 0 Å². The summed E-state index contributed by atoms with van der Waals surface area (Å²) in [4.78, 5) is 22.2. The quantitative estimate of drug-likeness (QED) is 0.726. The molecule has 2 rings (SSSR count). The first-order valence-electron chi connectivity index (χ1n) is 4.88. The predicted octanol–water partition coefficient (Wildman–Crippen LogP) is 1.21. The van der Waals surface area contributed by atoms with Gasteiger partial charge in [-0.1, -0.05) is 12.1 Å². The summed E-state index contributed by atoms with van der Waals surface area (Å²) in [5.74, 6) is 0.594. The van der Waals surface area contributed by atoms with E-state index in [1.165, 1.54) is 17.7 Å². The molecule has 1 heterocycles. The standard InChI is InChI=1S/C12H11NO3/c1-16-10-4-2-3-9-5-6-11(15)13(7-8-14)12(9)10/h2-6,8H,7H2,1H3. The Morgan fingerprint density at radius 1 is 1.31 bits per heavy atom. The number of pyridine rings is 1. The number of aromatic nitrogens is 1. The lowest BCUT2D eigenvalue weighted by Gasteiger charge is -2.10. The number of methoxy groups -OCH3 is 1. The molecular formula is C12H11NO3. The molecule has 0 saturated heterocycles. The first-order valence-corrected chi connectivity index (χ1v) is 4.88. The third kappa shape index (κ3) is 1.58. The molecule has 0 aliphatic rings. The molecule has 1 aromatic carbocycles. The van der Waals surface area contributed by atoms with Crippen molar-refractivity contribution in [1.82, 2.24) is 4.57 Å². The fourth-order valence-corrected chi connectivity index (χ4v) is 1.74. The number of hydrogen-bond donors (Lipinski definition) is 0. The number of nitrogens with zero attached hydrogens (tertiary/aromatic N) is 1. The number of ether oxygens (including phenoxy) is 1. The Morgan fingerprint density at radius 2 is 2.12 bits per heavy atom. The van der Waals surface area contributed by atoms with Gasteiger partial charge in [-0.2, -0.15) is 0 Å². The topological polar surface area (TPSA) is 48.3 Å². The number of carbonyl (C=O) groups is 1. The summed E-state index contributed by atoms with van der Waals surface area (Å²) in [7, 11) is 1.54. The monoisotopic (exact) mass is 217 g/mol. The van der Waals surface area contributed by atoms with Gasteiger partial charge in [0.25, 0.3) is 5.56 Å². The van der Waals surface area contributed by atoms with Crippen LogP contribution in [0.5, 0.6) is 5.75 Å². The molecule has 0 spiro atoms. The lowest BCUT2D eigenvalue weighted by Crippen LogP contribution is -2.20. The number of rotatable bonds is 3. The van der Waals surface area contributed by atoms with Gasteiger partial charge >= 0.3 is 0 Å². The Balaban J connectivity index is 2.88.